The van der Waals surface area contributed by atoms with Gasteiger partial charge in [-0.15, -0.1) is 0 Å². The number of rotatable bonds is 57. The third kappa shape index (κ3) is 66.9. The second kappa shape index (κ2) is 68.7. The highest BCUT2D eigenvalue weighted by Gasteiger charge is 2.19. The van der Waals surface area contributed by atoms with Gasteiger partial charge < -0.3 is 14.2 Å². The lowest BCUT2D eigenvalue weighted by Crippen LogP contribution is -2.30. The van der Waals surface area contributed by atoms with E-state index in [9.17, 15) is 14.4 Å². The van der Waals surface area contributed by atoms with Crippen molar-refractivity contribution in [2.24, 2.45) is 0 Å². The molecule has 0 fully saturated rings. The van der Waals surface area contributed by atoms with Gasteiger partial charge in [0.2, 0.25) is 0 Å². The van der Waals surface area contributed by atoms with Crippen molar-refractivity contribution >= 4 is 17.9 Å². The molecule has 0 aliphatic rings. The van der Waals surface area contributed by atoms with Gasteiger partial charge in [0.15, 0.2) is 6.10 Å². The van der Waals surface area contributed by atoms with E-state index in [-0.39, 0.29) is 31.1 Å². The molecule has 1 atom stereocenters. The monoisotopic (exact) mass is 1140 g/mol. The van der Waals surface area contributed by atoms with Crippen molar-refractivity contribution in [2.75, 3.05) is 13.2 Å². The summed E-state index contributed by atoms with van der Waals surface area (Å²) in [5, 5.41) is 0. The molecule has 0 aromatic carbocycles. The summed E-state index contributed by atoms with van der Waals surface area (Å²) in [5.41, 5.74) is 0. The van der Waals surface area contributed by atoms with E-state index in [0.29, 0.717) is 19.3 Å². The normalized spacial score (nSPS) is 13.4. The van der Waals surface area contributed by atoms with Crippen molar-refractivity contribution in [3.8, 4) is 0 Å². The number of unbranched alkanes of at least 4 members (excludes halogenated alkanes) is 14. The first-order chi connectivity index (χ1) is 41.0. The number of carbonyl (C=O) groups excluding carboxylic acids is 3. The predicted molar refractivity (Wildman–Crippen MR) is 361 cm³/mol. The minimum Gasteiger partial charge on any atom is -0.462 e. The summed E-state index contributed by atoms with van der Waals surface area (Å²) in [7, 11) is 0. The standard InChI is InChI=1S/C77H118O6/c1-4-7-10-13-16-19-22-25-27-29-31-33-34-35-36-37-38-39-40-41-42-44-45-47-49-52-55-58-61-64-67-70-76(79)82-73-74(72-81-75(78)69-66-63-60-57-54-51-24-21-18-15-12-9-6-3)83-77(80)71-68-65-62-59-56-53-50-48-46-43-32-30-28-26-23-20-17-14-11-8-5-2/h7-12,16-21,25-28,31-33,35-36,38-39,41-43,45,47,51-52,54-55,74H,4-6,13-15,22-24,29-30,34,37,40,44,46,48-50,53,56-73H2,1-3H3/b10-7-,11-8-,12-9-,19-16-,20-17-,21-18-,27-25-,28-26-,33-31-,36-35-,39-38-,42-41-,43-32-,47-45-,54-51-,55-52-. The molecule has 0 aromatic rings. The maximum Gasteiger partial charge on any atom is 0.306 e. The van der Waals surface area contributed by atoms with Gasteiger partial charge in [-0.25, -0.2) is 0 Å². The Balaban J connectivity index is 4.45. The van der Waals surface area contributed by atoms with Crippen LogP contribution < -0.4 is 0 Å². The van der Waals surface area contributed by atoms with Crippen LogP contribution in [0.2, 0.25) is 0 Å². The molecular weight excluding hydrogens is 1020 g/mol. The molecular formula is C77H118O6. The molecule has 6 heteroatoms. The first-order valence-corrected chi connectivity index (χ1v) is 32.9. The highest BCUT2D eigenvalue weighted by atomic mass is 16.6. The fourth-order valence-electron chi connectivity index (χ4n) is 8.26. The minimum absolute atomic E-state index is 0.117. The number of hydrogen-bond donors (Lipinski definition) is 0. The van der Waals surface area contributed by atoms with Crippen LogP contribution in [0.15, 0.2) is 194 Å². The van der Waals surface area contributed by atoms with E-state index >= 15 is 0 Å². The molecule has 462 valence electrons. The Morgan fingerprint density at radius 1 is 0.241 bits per heavy atom. The van der Waals surface area contributed by atoms with Gasteiger partial charge in [-0.05, 0) is 161 Å². The number of allylic oxidation sites excluding steroid dienone is 32. The second-order valence-electron chi connectivity index (χ2n) is 20.9. The zero-order valence-electron chi connectivity index (χ0n) is 52.9. The molecule has 0 amide bonds. The molecule has 0 saturated heterocycles. The molecule has 0 spiro atoms. The smallest absolute Gasteiger partial charge is 0.306 e. The van der Waals surface area contributed by atoms with E-state index in [1.807, 2.05) is 0 Å². The Labute approximate surface area is 509 Å². The molecule has 0 bridgehead atoms. The van der Waals surface area contributed by atoms with Crippen LogP contribution in [0.1, 0.15) is 252 Å². The van der Waals surface area contributed by atoms with Crippen LogP contribution in [-0.2, 0) is 28.6 Å². The fraction of sp³-hybridized carbons (Fsp3) is 0.545. The van der Waals surface area contributed by atoms with E-state index in [1.54, 1.807) is 0 Å². The van der Waals surface area contributed by atoms with Gasteiger partial charge in [0.05, 0.1) is 0 Å². The molecule has 6 nitrogen and oxygen atoms in total. The third-order valence-corrected chi connectivity index (χ3v) is 13.1. The van der Waals surface area contributed by atoms with Crippen LogP contribution in [0.3, 0.4) is 0 Å². The summed E-state index contributed by atoms with van der Waals surface area (Å²) < 4.78 is 16.9. The SMILES string of the molecule is CC/C=C\C/C=C\C/C=C\C/C=C\C/C=C\C/C=C\C/C=C\C/C=C\C/C=C\CCCCCC(=O)OCC(COC(=O)CCCCC/C=C\C/C=C\C/C=C\CC)OC(=O)CCCCCCCCCC/C=C\C/C=C\C/C=C\C/C=C\CC. The van der Waals surface area contributed by atoms with Crippen molar-refractivity contribution in [2.45, 2.75) is 258 Å². The van der Waals surface area contributed by atoms with Crippen LogP contribution in [0, 0.1) is 0 Å². The molecule has 0 aliphatic carbocycles. The summed E-state index contributed by atoms with van der Waals surface area (Å²) >= 11 is 0. The molecule has 0 saturated carbocycles. The van der Waals surface area contributed by atoms with Crippen LogP contribution in [-0.4, -0.2) is 37.2 Å². The topological polar surface area (TPSA) is 78.9 Å². The first kappa shape index (κ1) is 77.2. The van der Waals surface area contributed by atoms with Gasteiger partial charge in [-0.3, -0.25) is 14.4 Å². The van der Waals surface area contributed by atoms with Crippen molar-refractivity contribution in [1.82, 2.24) is 0 Å². The zero-order valence-corrected chi connectivity index (χ0v) is 52.9. The largest absolute Gasteiger partial charge is 0.462 e. The van der Waals surface area contributed by atoms with Gasteiger partial charge in [-0.1, -0.05) is 267 Å². The maximum absolute atomic E-state index is 12.9. The van der Waals surface area contributed by atoms with Gasteiger partial charge in [0.1, 0.15) is 13.2 Å². The van der Waals surface area contributed by atoms with Crippen LogP contribution >= 0.6 is 0 Å². The lowest BCUT2D eigenvalue weighted by atomic mass is 10.1. The molecule has 0 rings (SSSR count). The van der Waals surface area contributed by atoms with Gasteiger partial charge >= 0.3 is 17.9 Å². The van der Waals surface area contributed by atoms with E-state index in [4.69, 9.17) is 14.2 Å². The Morgan fingerprint density at radius 3 is 0.687 bits per heavy atom. The van der Waals surface area contributed by atoms with Crippen molar-refractivity contribution in [3.05, 3.63) is 194 Å². The third-order valence-electron chi connectivity index (χ3n) is 13.1. The van der Waals surface area contributed by atoms with E-state index in [1.165, 1.54) is 32.1 Å². The van der Waals surface area contributed by atoms with Crippen molar-refractivity contribution in [1.29, 1.82) is 0 Å². The molecule has 0 aromatic heterocycles. The van der Waals surface area contributed by atoms with Crippen LogP contribution in [0.4, 0.5) is 0 Å². The van der Waals surface area contributed by atoms with Gasteiger partial charge in [0, 0.05) is 19.3 Å². The van der Waals surface area contributed by atoms with Crippen LogP contribution in [0.25, 0.3) is 0 Å². The summed E-state index contributed by atoms with van der Waals surface area (Å²) in [6.07, 6.45) is 104. The van der Waals surface area contributed by atoms with Crippen molar-refractivity contribution in [3.63, 3.8) is 0 Å². The van der Waals surface area contributed by atoms with E-state index < -0.39 is 6.10 Å². The van der Waals surface area contributed by atoms with Gasteiger partial charge in [-0.2, -0.15) is 0 Å². The maximum atomic E-state index is 12.9. The average molecular weight is 1140 g/mol. The van der Waals surface area contributed by atoms with Crippen molar-refractivity contribution < 1.29 is 28.6 Å². The fourth-order valence-corrected chi connectivity index (χ4v) is 8.26. The second-order valence-corrected chi connectivity index (χ2v) is 20.9. The molecule has 0 N–H and O–H groups in total. The van der Waals surface area contributed by atoms with E-state index in [0.717, 1.165) is 180 Å². The Kier molecular flexibility index (Phi) is 64.0. The molecule has 0 aliphatic heterocycles. The highest BCUT2D eigenvalue weighted by molar-refractivity contribution is 5.71. The number of esters is 3. The average Bonchev–Trinajstić information content (AvgIpc) is 3.49. The number of hydrogen-bond acceptors (Lipinski definition) is 6. The summed E-state index contributed by atoms with van der Waals surface area (Å²) in [5.74, 6) is -0.994. The quantitative estimate of drug-likeness (QED) is 0.0261. The lowest BCUT2D eigenvalue weighted by molar-refractivity contribution is -0.167. The molecule has 0 radical (unpaired) electrons. The Morgan fingerprint density at radius 2 is 0.434 bits per heavy atom. The number of carbonyl (C=O) groups is 3. The summed E-state index contributed by atoms with van der Waals surface area (Å²) in [4.78, 5) is 38.3. The zero-order chi connectivity index (χ0) is 59.9. The first-order valence-electron chi connectivity index (χ1n) is 32.9. The molecule has 0 heterocycles. The highest BCUT2D eigenvalue weighted by Crippen LogP contribution is 2.14. The van der Waals surface area contributed by atoms with Crippen LogP contribution in [0.5, 0.6) is 0 Å². The summed E-state index contributed by atoms with van der Waals surface area (Å²) in [6, 6.07) is 0. The predicted octanol–water partition coefficient (Wildman–Crippen LogP) is 23.0. The Bertz CT molecular complexity index is 1990. The number of ether oxygens (including phenoxy) is 3. The molecule has 83 heavy (non-hydrogen) atoms. The minimum atomic E-state index is -0.822. The summed E-state index contributed by atoms with van der Waals surface area (Å²) in [6.45, 7) is 6.23. The lowest BCUT2D eigenvalue weighted by Gasteiger charge is -2.18. The van der Waals surface area contributed by atoms with E-state index in [2.05, 4.69) is 215 Å². The molecule has 1 unspecified atom stereocenters. The van der Waals surface area contributed by atoms with Gasteiger partial charge in [0.25, 0.3) is 0 Å². The Hall–Kier alpha value is -5.75.